The van der Waals surface area contributed by atoms with Gasteiger partial charge in [-0.3, -0.25) is 4.90 Å². The molecule has 0 amide bonds. The zero-order valence-corrected chi connectivity index (χ0v) is 15.0. The lowest BCUT2D eigenvalue weighted by atomic mass is 10.0. The van der Waals surface area contributed by atoms with Crippen LogP contribution in [0.2, 0.25) is 0 Å². The van der Waals surface area contributed by atoms with Gasteiger partial charge in [-0.1, -0.05) is 0 Å². The second-order valence-electron chi connectivity index (χ2n) is 7.43. The van der Waals surface area contributed by atoms with Crippen LogP contribution in [0.3, 0.4) is 0 Å². The Morgan fingerprint density at radius 1 is 1.19 bits per heavy atom. The van der Waals surface area contributed by atoms with Crippen molar-refractivity contribution in [3.63, 3.8) is 0 Å². The Balaban J connectivity index is 1.44. The van der Waals surface area contributed by atoms with Crippen LogP contribution in [0.15, 0.2) is 30.5 Å². The third kappa shape index (κ3) is 3.85. The second-order valence-corrected chi connectivity index (χ2v) is 7.43. The van der Waals surface area contributed by atoms with E-state index in [4.69, 9.17) is 4.98 Å². The lowest BCUT2D eigenvalue weighted by Gasteiger charge is -2.38. The van der Waals surface area contributed by atoms with E-state index in [0.29, 0.717) is 24.1 Å². The summed E-state index contributed by atoms with van der Waals surface area (Å²) in [6.07, 6.45) is 6.32. The van der Waals surface area contributed by atoms with Crippen LogP contribution in [0, 0.1) is 11.6 Å². The van der Waals surface area contributed by atoms with E-state index in [1.54, 1.807) is 0 Å². The highest BCUT2D eigenvalue weighted by Gasteiger charge is 2.28. The normalized spacial score (nSPS) is 21.0. The Bertz CT molecular complexity index is 778. The zero-order valence-electron chi connectivity index (χ0n) is 15.0. The van der Waals surface area contributed by atoms with E-state index in [0.717, 1.165) is 43.6 Å². The van der Waals surface area contributed by atoms with Crippen molar-refractivity contribution in [1.29, 1.82) is 0 Å². The molecule has 0 radical (unpaired) electrons. The van der Waals surface area contributed by atoms with Crippen molar-refractivity contribution in [3.8, 4) is 0 Å². The lowest BCUT2D eigenvalue weighted by Crippen LogP contribution is -2.46. The summed E-state index contributed by atoms with van der Waals surface area (Å²) in [5.41, 5.74) is 0.423. The van der Waals surface area contributed by atoms with Gasteiger partial charge in [0.2, 0.25) is 0 Å². The van der Waals surface area contributed by atoms with Gasteiger partial charge in [-0.05, 0) is 56.5 Å². The fourth-order valence-corrected chi connectivity index (χ4v) is 3.68. The molecule has 1 aliphatic heterocycles. The van der Waals surface area contributed by atoms with Gasteiger partial charge in [0.1, 0.15) is 23.3 Å². The van der Waals surface area contributed by atoms with Crippen molar-refractivity contribution >= 4 is 5.82 Å². The molecule has 1 saturated carbocycles. The Morgan fingerprint density at radius 2 is 2.04 bits per heavy atom. The van der Waals surface area contributed by atoms with Crippen molar-refractivity contribution in [2.24, 2.45) is 0 Å². The summed E-state index contributed by atoms with van der Waals surface area (Å²) in [6.45, 7) is 2.15. The first-order valence-electron chi connectivity index (χ1n) is 9.32. The summed E-state index contributed by atoms with van der Waals surface area (Å²) >= 11 is 0. The molecule has 1 unspecified atom stereocenters. The van der Waals surface area contributed by atoms with Crippen molar-refractivity contribution in [2.75, 3.05) is 25.0 Å². The van der Waals surface area contributed by atoms with E-state index < -0.39 is 0 Å². The number of benzene rings is 1. The second kappa shape index (κ2) is 7.27. The van der Waals surface area contributed by atoms with Crippen LogP contribution in [0.5, 0.6) is 0 Å². The molecule has 0 bridgehead atoms. The van der Waals surface area contributed by atoms with Crippen molar-refractivity contribution in [1.82, 2.24) is 14.9 Å². The SMILES string of the molecule is CN(c1ccnc(C2CC2)n1)C1CCCN(Cc2cc(F)ccc2F)C1. The maximum absolute atomic E-state index is 14.0. The van der Waals surface area contributed by atoms with Gasteiger partial charge < -0.3 is 4.90 Å². The van der Waals surface area contributed by atoms with E-state index in [9.17, 15) is 8.78 Å². The van der Waals surface area contributed by atoms with E-state index in [-0.39, 0.29) is 11.6 Å². The third-order valence-corrected chi connectivity index (χ3v) is 5.39. The Kier molecular flexibility index (Phi) is 4.85. The van der Waals surface area contributed by atoms with Crippen LogP contribution in [0.4, 0.5) is 14.6 Å². The molecular weight excluding hydrogens is 334 g/mol. The predicted molar refractivity (Wildman–Crippen MR) is 97.1 cm³/mol. The minimum Gasteiger partial charge on any atom is -0.355 e. The average molecular weight is 358 g/mol. The smallest absolute Gasteiger partial charge is 0.133 e. The van der Waals surface area contributed by atoms with E-state index in [1.807, 2.05) is 12.3 Å². The van der Waals surface area contributed by atoms with Gasteiger partial charge in [0, 0.05) is 43.9 Å². The van der Waals surface area contributed by atoms with Gasteiger partial charge in [-0.2, -0.15) is 0 Å². The van der Waals surface area contributed by atoms with Gasteiger partial charge >= 0.3 is 0 Å². The van der Waals surface area contributed by atoms with Crippen LogP contribution in [-0.2, 0) is 6.54 Å². The number of hydrogen-bond acceptors (Lipinski definition) is 4. The van der Waals surface area contributed by atoms with E-state index in [2.05, 4.69) is 21.8 Å². The largest absolute Gasteiger partial charge is 0.355 e. The number of piperidine rings is 1. The highest BCUT2D eigenvalue weighted by molar-refractivity contribution is 5.38. The van der Waals surface area contributed by atoms with Crippen LogP contribution in [0.25, 0.3) is 0 Å². The molecular formula is C20H24F2N4. The molecule has 0 spiro atoms. The van der Waals surface area contributed by atoms with Gasteiger partial charge in [0.05, 0.1) is 0 Å². The summed E-state index contributed by atoms with van der Waals surface area (Å²) in [5.74, 6) is 1.70. The summed E-state index contributed by atoms with van der Waals surface area (Å²) in [6, 6.07) is 5.94. The maximum Gasteiger partial charge on any atom is 0.133 e. The number of anilines is 1. The van der Waals surface area contributed by atoms with Crippen LogP contribution < -0.4 is 4.90 Å². The number of hydrogen-bond donors (Lipinski definition) is 0. The maximum atomic E-state index is 14.0. The van der Waals surface area contributed by atoms with Gasteiger partial charge in [0.25, 0.3) is 0 Å². The fraction of sp³-hybridized carbons (Fsp3) is 0.500. The Hall–Kier alpha value is -2.08. The van der Waals surface area contributed by atoms with Crippen LogP contribution in [-0.4, -0.2) is 41.0 Å². The van der Waals surface area contributed by atoms with Crippen molar-refractivity contribution in [3.05, 3.63) is 53.5 Å². The minimum atomic E-state index is -0.388. The van der Waals surface area contributed by atoms with Crippen molar-refractivity contribution in [2.45, 2.75) is 44.2 Å². The molecule has 1 aromatic heterocycles. The van der Waals surface area contributed by atoms with Gasteiger partial charge in [-0.15, -0.1) is 0 Å². The number of halogens is 2. The quantitative estimate of drug-likeness (QED) is 0.815. The highest BCUT2D eigenvalue weighted by Crippen LogP contribution is 2.38. The molecule has 26 heavy (non-hydrogen) atoms. The molecule has 1 aliphatic carbocycles. The zero-order chi connectivity index (χ0) is 18.1. The molecule has 2 heterocycles. The third-order valence-electron chi connectivity index (χ3n) is 5.39. The summed E-state index contributed by atoms with van der Waals surface area (Å²) < 4.78 is 27.4. The molecule has 0 N–H and O–H groups in total. The minimum absolute atomic E-state index is 0.308. The summed E-state index contributed by atoms with van der Waals surface area (Å²) in [5, 5.41) is 0. The van der Waals surface area contributed by atoms with E-state index >= 15 is 0 Å². The predicted octanol–water partition coefficient (Wildman–Crippen LogP) is 3.73. The van der Waals surface area contributed by atoms with Gasteiger partial charge in [0.15, 0.2) is 0 Å². The first kappa shape index (κ1) is 17.3. The highest BCUT2D eigenvalue weighted by atomic mass is 19.1. The Labute approximate surface area is 152 Å². The Morgan fingerprint density at radius 3 is 2.85 bits per heavy atom. The molecule has 2 fully saturated rings. The molecule has 2 aliphatic rings. The summed E-state index contributed by atoms with van der Waals surface area (Å²) in [7, 11) is 2.07. The number of nitrogens with zero attached hydrogens (tertiary/aromatic N) is 4. The topological polar surface area (TPSA) is 32.3 Å². The van der Waals surface area contributed by atoms with E-state index in [1.165, 1.54) is 25.0 Å². The molecule has 1 atom stereocenters. The van der Waals surface area contributed by atoms with Crippen molar-refractivity contribution < 1.29 is 8.78 Å². The number of likely N-dealkylation sites (N-methyl/N-ethyl adjacent to an activating group) is 1. The molecule has 4 nitrogen and oxygen atoms in total. The molecule has 1 aromatic carbocycles. The summed E-state index contributed by atoms with van der Waals surface area (Å²) in [4.78, 5) is 13.5. The molecule has 2 aromatic rings. The number of aromatic nitrogens is 2. The molecule has 1 saturated heterocycles. The molecule has 138 valence electrons. The number of rotatable bonds is 5. The van der Waals surface area contributed by atoms with Crippen LogP contribution >= 0.6 is 0 Å². The first-order chi connectivity index (χ1) is 12.6. The monoisotopic (exact) mass is 358 g/mol. The standard InChI is InChI=1S/C20H24F2N4/c1-25(19-8-9-23-20(24-19)14-4-5-14)17-3-2-10-26(13-17)12-15-11-16(21)6-7-18(15)22/h6-9,11,14,17H,2-5,10,12-13H2,1H3. The fourth-order valence-electron chi connectivity index (χ4n) is 3.68. The molecule has 6 heteroatoms. The molecule has 4 rings (SSSR count). The van der Waals surface area contributed by atoms with Crippen LogP contribution in [0.1, 0.15) is 43.0 Å². The average Bonchev–Trinajstić information content (AvgIpc) is 3.50. The van der Waals surface area contributed by atoms with Gasteiger partial charge in [-0.25, -0.2) is 18.7 Å². The first-order valence-corrected chi connectivity index (χ1v) is 9.32. The number of likely N-dealkylation sites (tertiary alicyclic amines) is 1. The lowest BCUT2D eigenvalue weighted by molar-refractivity contribution is 0.196.